The van der Waals surface area contributed by atoms with Crippen LogP contribution >= 0.6 is 0 Å². The summed E-state index contributed by atoms with van der Waals surface area (Å²) in [5, 5.41) is 0. The molecule has 0 aliphatic heterocycles. The van der Waals surface area contributed by atoms with Crippen LogP contribution in [0.3, 0.4) is 0 Å². The van der Waals surface area contributed by atoms with Crippen molar-refractivity contribution >= 4 is 0 Å². The normalized spacial score (nSPS) is 10.4. The van der Waals surface area contributed by atoms with Crippen LogP contribution in [0.5, 0.6) is 0 Å². The van der Waals surface area contributed by atoms with Crippen LogP contribution in [0.2, 0.25) is 4.13 Å². The molecule has 0 heterocycles. The van der Waals surface area contributed by atoms with Gasteiger partial charge in [0.15, 0.2) is 0 Å². The third-order valence-electron chi connectivity index (χ3n) is 1.19. The number of hydrogen-bond acceptors (Lipinski definition) is 1. The van der Waals surface area contributed by atoms with Crippen molar-refractivity contribution in [3.8, 4) is 0 Å². The maximum absolute atomic E-state index is 5.55. The van der Waals surface area contributed by atoms with Gasteiger partial charge in [0.1, 0.15) is 0 Å². The third-order valence-corrected chi connectivity index (χ3v) is 4.61. The van der Waals surface area contributed by atoms with E-state index in [9.17, 15) is 0 Å². The predicted molar refractivity (Wildman–Crippen MR) is 40.5 cm³/mol. The minimum atomic E-state index is -0.403. The van der Waals surface area contributed by atoms with Crippen LogP contribution in [0.4, 0.5) is 0 Å². The Morgan fingerprint density at radius 2 is 2.10 bits per heavy atom. The summed E-state index contributed by atoms with van der Waals surface area (Å²) in [7, 11) is 0. The molecule has 0 aliphatic rings. The molecule has 0 aromatic rings. The van der Waals surface area contributed by atoms with Crippen molar-refractivity contribution in [2.24, 2.45) is 5.92 Å². The summed E-state index contributed by atoms with van der Waals surface area (Å²) in [6.45, 7) is 7.76. The van der Waals surface area contributed by atoms with Crippen LogP contribution in [0.15, 0.2) is 0 Å². The first-order valence-corrected chi connectivity index (χ1v) is 6.86. The molecule has 0 aromatic carbocycles. The fourth-order valence-corrected chi connectivity index (χ4v) is 2.33. The van der Waals surface area contributed by atoms with Gasteiger partial charge in [-0.15, -0.1) is 0 Å². The Kier molecular flexibility index (Phi) is 8.61. The molecule has 0 atom stereocenters. The molecule has 0 bridgehead atoms. The van der Waals surface area contributed by atoms with E-state index in [0.29, 0.717) is 0 Å². The molecule has 0 saturated heterocycles. The van der Waals surface area contributed by atoms with Gasteiger partial charge in [0.05, 0.1) is 0 Å². The Labute approximate surface area is 76.7 Å². The number of rotatable bonds is 6. The van der Waals surface area contributed by atoms with Gasteiger partial charge in [-0.1, -0.05) is 0 Å². The summed E-state index contributed by atoms with van der Waals surface area (Å²) in [4.78, 5) is 0. The minimum absolute atomic E-state index is 0.403. The molecule has 0 aliphatic carbocycles. The Morgan fingerprint density at radius 3 is 2.60 bits per heavy atom. The second kappa shape index (κ2) is 7.94. The van der Waals surface area contributed by atoms with Gasteiger partial charge in [-0.25, -0.2) is 0 Å². The Hall–Kier alpha value is 0.843. The summed E-state index contributed by atoms with van der Waals surface area (Å²) in [5.41, 5.74) is 0. The van der Waals surface area contributed by atoms with Gasteiger partial charge < -0.3 is 0 Å². The van der Waals surface area contributed by atoms with Crippen molar-refractivity contribution in [1.82, 2.24) is 0 Å². The van der Waals surface area contributed by atoms with Crippen molar-refractivity contribution in [3.63, 3.8) is 0 Å². The SMILES string of the molecule is CCCC[O][Zr][CH2]C(C)C. The molecule has 0 amide bonds. The number of hydrogen-bond donors (Lipinski definition) is 0. The van der Waals surface area contributed by atoms with Crippen LogP contribution < -0.4 is 0 Å². The second-order valence-corrected chi connectivity index (χ2v) is 5.37. The van der Waals surface area contributed by atoms with Gasteiger partial charge in [-0.05, 0) is 0 Å². The number of unbranched alkanes of at least 4 members (excludes halogenated alkanes) is 1. The summed E-state index contributed by atoms with van der Waals surface area (Å²) in [6.07, 6.45) is 2.51. The van der Waals surface area contributed by atoms with Gasteiger partial charge in [-0.3, -0.25) is 0 Å². The zero-order chi connectivity index (χ0) is 7.82. The Balaban J connectivity index is 2.77. The molecular weight excluding hydrogens is 203 g/mol. The van der Waals surface area contributed by atoms with Crippen molar-refractivity contribution < 1.29 is 26.5 Å². The molecular formula is C8H18OZr. The Bertz CT molecular complexity index is 64.3. The van der Waals surface area contributed by atoms with Gasteiger partial charge in [0.25, 0.3) is 0 Å². The zero-order valence-electron chi connectivity index (χ0n) is 7.31. The van der Waals surface area contributed by atoms with Gasteiger partial charge in [0.2, 0.25) is 0 Å². The third kappa shape index (κ3) is 8.84. The fourth-order valence-electron chi connectivity index (χ4n) is 0.514. The van der Waals surface area contributed by atoms with Crippen molar-refractivity contribution in [3.05, 3.63) is 0 Å². The predicted octanol–water partition coefficient (Wildman–Crippen LogP) is 2.87. The summed E-state index contributed by atoms with van der Waals surface area (Å²) >= 11 is -0.403. The quantitative estimate of drug-likeness (QED) is 0.627. The molecule has 0 aromatic heterocycles. The Morgan fingerprint density at radius 1 is 1.40 bits per heavy atom. The van der Waals surface area contributed by atoms with E-state index in [4.69, 9.17) is 2.81 Å². The molecule has 0 N–H and O–H groups in total. The molecule has 0 rings (SSSR count). The first-order chi connectivity index (χ1) is 4.77. The van der Waals surface area contributed by atoms with E-state index in [1.807, 2.05) is 0 Å². The summed E-state index contributed by atoms with van der Waals surface area (Å²) < 4.78 is 6.92. The average molecular weight is 221 g/mol. The second-order valence-electron chi connectivity index (χ2n) is 2.94. The average Bonchev–Trinajstić information content (AvgIpc) is 1.87. The van der Waals surface area contributed by atoms with Crippen LogP contribution in [-0.2, 0) is 26.5 Å². The van der Waals surface area contributed by atoms with Crippen molar-refractivity contribution in [1.29, 1.82) is 0 Å². The van der Waals surface area contributed by atoms with Crippen LogP contribution in [0, 0.1) is 5.92 Å². The molecule has 0 saturated carbocycles. The first kappa shape index (κ1) is 10.8. The molecule has 0 unspecified atom stereocenters. The molecule has 0 spiro atoms. The van der Waals surface area contributed by atoms with Crippen LogP contribution in [0.25, 0.3) is 0 Å². The van der Waals surface area contributed by atoms with Crippen molar-refractivity contribution in [2.45, 2.75) is 37.7 Å². The van der Waals surface area contributed by atoms with Crippen LogP contribution in [0.1, 0.15) is 33.6 Å². The van der Waals surface area contributed by atoms with Gasteiger partial charge in [0, 0.05) is 0 Å². The molecule has 0 fully saturated rings. The van der Waals surface area contributed by atoms with E-state index in [1.165, 1.54) is 17.0 Å². The fraction of sp³-hybridized carbons (Fsp3) is 1.00. The van der Waals surface area contributed by atoms with E-state index >= 15 is 0 Å². The van der Waals surface area contributed by atoms with E-state index in [1.54, 1.807) is 0 Å². The van der Waals surface area contributed by atoms with Gasteiger partial charge in [-0.2, -0.15) is 0 Å². The monoisotopic (exact) mass is 220 g/mol. The van der Waals surface area contributed by atoms with Gasteiger partial charge >= 0.3 is 76.8 Å². The van der Waals surface area contributed by atoms with E-state index in [2.05, 4.69) is 20.8 Å². The molecule has 10 heavy (non-hydrogen) atoms. The molecule has 0 radical (unpaired) electrons. The summed E-state index contributed by atoms with van der Waals surface area (Å²) in [6, 6.07) is 0. The van der Waals surface area contributed by atoms with E-state index < -0.39 is 23.7 Å². The van der Waals surface area contributed by atoms with E-state index in [-0.39, 0.29) is 0 Å². The molecule has 1 nitrogen and oxygen atoms in total. The molecule has 2 heteroatoms. The standard InChI is InChI=1S/C4H9O.C4H9.Zr/c1-2-3-4-5;1-4(2)3;/h2-4H2,1H3;4H,1H2,2-3H3;/q-1;;+1. The van der Waals surface area contributed by atoms with Crippen molar-refractivity contribution in [2.75, 3.05) is 6.61 Å². The maximum atomic E-state index is 5.55. The topological polar surface area (TPSA) is 9.23 Å². The summed E-state index contributed by atoms with van der Waals surface area (Å²) in [5.74, 6) is 0.855. The zero-order valence-corrected chi connectivity index (χ0v) is 9.77. The molecule has 60 valence electrons. The first-order valence-electron chi connectivity index (χ1n) is 4.12. The van der Waals surface area contributed by atoms with E-state index in [0.717, 1.165) is 12.5 Å². The van der Waals surface area contributed by atoms with Crippen LogP contribution in [-0.4, -0.2) is 6.61 Å².